The van der Waals surface area contributed by atoms with Crippen LogP contribution in [-0.2, 0) is 19.1 Å². The second-order valence-electron chi connectivity index (χ2n) is 4.02. The van der Waals surface area contributed by atoms with Crippen LogP contribution in [0.5, 0.6) is 0 Å². The summed E-state index contributed by atoms with van der Waals surface area (Å²) in [6.45, 7) is 0. The Labute approximate surface area is 111 Å². The van der Waals surface area contributed by atoms with E-state index in [0.717, 1.165) is 19.3 Å². The van der Waals surface area contributed by atoms with Crippen LogP contribution in [0.4, 0.5) is 0 Å². The quantitative estimate of drug-likeness (QED) is 0.376. The average Bonchev–Trinajstić information content (AvgIpc) is 2.31. The third-order valence-corrected chi connectivity index (χ3v) is 2.88. The van der Waals surface area contributed by atoms with Crippen molar-refractivity contribution in [3.63, 3.8) is 0 Å². The summed E-state index contributed by atoms with van der Waals surface area (Å²) in [7, 11) is 1.35. The maximum atomic E-state index is 11.4. The number of aliphatic carboxylic acids is 1. The Morgan fingerprint density at radius 3 is 2.17 bits per heavy atom. The fourth-order valence-electron chi connectivity index (χ4n) is 1.45. The molecule has 18 heavy (non-hydrogen) atoms. The van der Waals surface area contributed by atoms with Crippen LogP contribution in [-0.4, -0.2) is 35.3 Å². The molecule has 1 N–H and O–H groups in total. The van der Waals surface area contributed by atoms with E-state index in [9.17, 15) is 14.4 Å². The Morgan fingerprint density at radius 1 is 1.11 bits per heavy atom. The molecule has 0 rings (SSSR count). The molecule has 5 nitrogen and oxygen atoms in total. The standard InChI is InChI=1S/C12H19ClO5/c1-18-12(17)7-5-3-2-4-6-10(14)9(13)8-11(15)16/h9H,2-8H2,1H3,(H,15,16). The van der Waals surface area contributed by atoms with Crippen molar-refractivity contribution < 1.29 is 24.2 Å². The van der Waals surface area contributed by atoms with E-state index in [1.807, 2.05) is 0 Å². The molecule has 1 atom stereocenters. The predicted molar refractivity (Wildman–Crippen MR) is 66.6 cm³/mol. The monoisotopic (exact) mass is 278 g/mol. The van der Waals surface area contributed by atoms with Crippen molar-refractivity contribution in [2.75, 3.05) is 7.11 Å². The molecule has 0 amide bonds. The van der Waals surface area contributed by atoms with Gasteiger partial charge in [0.2, 0.25) is 0 Å². The number of rotatable bonds is 10. The number of carbonyl (C=O) groups excluding carboxylic acids is 2. The lowest BCUT2D eigenvalue weighted by Gasteiger charge is -2.05. The average molecular weight is 279 g/mol. The molecule has 104 valence electrons. The molecule has 0 saturated carbocycles. The van der Waals surface area contributed by atoms with Gasteiger partial charge in [-0.15, -0.1) is 11.6 Å². The third-order valence-electron chi connectivity index (χ3n) is 2.48. The number of halogens is 1. The highest BCUT2D eigenvalue weighted by atomic mass is 35.5. The number of carbonyl (C=O) groups is 3. The lowest BCUT2D eigenvalue weighted by Crippen LogP contribution is -2.18. The molecule has 0 aliphatic carbocycles. The molecule has 6 heteroatoms. The van der Waals surface area contributed by atoms with Gasteiger partial charge in [-0.2, -0.15) is 0 Å². The van der Waals surface area contributed by atoms with Crippen molar-refractivity contribution >= 4 is 29.3 Å². The number of esters is 1. The van der Waals surface area contributed by atoms with Crippen molar-refractivity contribution in [2.24, 2.45) is 0 Å². The molecule has 0 aromatic rings. The molecular formula is C12H19ClO5. The highest BCUT2D eigenvalue weighted by Crippen LogP contribution is 2.11. The van der Waals surface area contributed by atoms with E-state index in [4.69, 9.17) is 16.7 Å². The maximum Gasteiger partial charge on any atom is 0.305 e. The summed E-state index contributed by atoms with van der Waals surface area (Å²) >= 11 is 5.64. The van der Waals surface area contributed by atoms with Crippen LogP contribution in [0.25, 0.3) is 0 Å². The van der Waals surface area contributed by atoms with Gasteiger partial charge in [-0.05, 0) is 12.8 Å². The van der Waals surface area contributed by atoms with Crippen LogP contribution in [0.3, 0.4) is 0 Å². The van der Waals surface area contributed by atoms with Crippen molar-refractivity contribution in [3.05, 3.63) is 0 Å². The Balaban J connectivity index is 3.51. The summed E-state index contributed by atoms with van der Waals surface area (Å²) in [5.41, 5.74) is 0. The van der Waals surface area contributed by atoms with E-state index in [1.54, 1.807) is 0 Å². The molecule has 0 bridgehead atoms. The number of alkyl halides is 1. The molecule has 1 unspecified atom stereocenters. The maximum absolute atomic E-state index is 11.4. The SMILES string of the molecule is COC(=O)CCCCCCC(=O)C(Cl)CC(=O)O. The topological polar surface area (TPSA) is 80.7 Å². The van der Waals surface area contributed by atoms with Crippen LogP contribution in [0.2, 0.25) is 0 Å². The van der Waals surface area contributed by atoms with Gasteiger partial charge in [-0.1, -0.05) is 12.8 Å². The largest absolute Gasteiger partial charge is 0.481 e. The zero-order valence-electron chi connectivity index (χ0n) is 10.5. The second kappa shape index (κ2) is 9.88. The summed E-state index contributed by atoms with van der Waals surface area (Å²) in [5, 5.41) is 7.54. The smallest absolute Gasteiger partial charge is 0.305 e. The van der Waals surface area contributed by atoms with Gasteiger partial charge in [0.25, 0.3) is 0 Å². The first-order chi connectivity index (χ1) is 8.47. The van der Waals surface area contributed by atoms with Gasteiger partial charge in [0, 0.05) is 12.8 Å². The summed E-state index contributed by atoms with van der Waals surface area (Å²) in [4.78, 5) is 32.5. The van der Waals surface area contributed by atoms with Crippen LogP contribution in [0.15, 0.2) is 0 Å². The number of hydrogen-bond donors (Lipinski definition) is 1. The fraction of sp³-hybridized carbons (Fsp3) is 0.750. The number of Topliss-reactive ketones (excluding diaryl/α,β-unsaturated/α-hetero) is 1. The molecule has 0 spiro atoms. The second-order valence-corrected chi connectivity index (χ2v) is 4.55. The van der Waals surface area contributed by atoms with E-state index in [2.05, 4.69) is 4.74 Å². The molecule has 0 aliphatic rings. The number of unbranched alkanes of at least 4 members (excludes halogenated alkanes) is 3. The van der Waals surface area contributed by atoms with Crippen LogP contribution in [0.1, 0.15) is 44.9 Å². The first-order valence-electron chi connectivity index (χ1n) is 5.92. The van der Waals surface area contributed by atoms with Crippen molar-refractivity contribution in [2.45, 2.75) is 50.3 Å². The van der Waals surface area contributed by atoms with Crippen LogP contribution in [0, 0.1) is 0 Å². The van der Waals surface area contributed by atoms with Gasteiger partial charge in [0.15, 0.2) is 5.78 Å². The molecule has 0 heterocycles. The van der Waals surface area contributed by atoms with Gasteiger partial charge in [0.05, 0.1) is 13.5 Å². The zero-order chi connectivity index (χ0) is 14.0. The lowest BCUT2D eigenvalue weighted by molar-refractivity contribution is -0.140. The highest BCUT2D eigenvalue weighted by Gasteiger charge is 2.17. The zero-order valence-corrected chi connectivity index (χ0v) is 11.2. The Hall–Kier alpha value is -1.10. The van der Waals surface area contributed by atoms with E-state index in [0.29, 0.717) is 19.3 Å². The van der Waals surface area contributed by atoms with Crippen LogP contribution < -0.4 is 0 Å². The predicted octanol–water partition coefficient (Wildman–Crippen LogP) is 2.15. The highest BCUT2D eigenvalue weighted by molar-refractivity contribution is 6.32. The fourth-order valence-corrected chi connectivity index (χ4v) is 1.69. The molecule has 0 aromatic heterocycles. The van der Waals surface area contributed by atoms with E-state index >= 15 is 0 Å². The van der Waals surface area contributed by atoms with Gasteiger partial charge in [-0.3, -0.25) is 14.4 Å². The molecular weight excluding hydrogens is 260 g/mol. The minimum Gasteiger partial charge on any atom is -0.481 e. The summed E-state index contributed by atoms with van der Waals surface area (Å²) in [6, 6.07) is 0. The molecule has 0 aromatic carbocycles. The van der Waals surface area contributed by atoms with Crippen molar-refractivity contribution in [1.29, 1.82) is 0 Å². The van der Waals surface area contributed by atoms with Gasteiger partial charge < -0.3 is 9.84 Å². The number of carboxylic acid groups (broad SMARTS) is 1. The Bertz CT molecular complexity index is 290. The summed E-state index contributed by atoms with van der Waals surface area (Å²) < 4.78 is 4.50. The normalized spacial score (nSPS) is 11.9. The van der Waals surface area contributed by atoms with Gasteiger partial charge in [0.1, 0.15) is 5.38 Å². The van der Waals surface area contributed by atoms with Gasteiger partial charge >= 0.3 is 11.9 Å². The molecule has 0 saturated heterocycles. The van der Waals surface area contributed by atoms with Crippen molar-refractivity contribution in [3.8, 4) is 0 Å². The molecule has 0 fully saturated rings. The van der Waals surface area contributed by atoms with Gasteiger partial charge in [-0.25, -0.2) is 0 Å². The summed E-state index contributed by atoms with van der Waals surface area (Å²) in [5.74, 6) is -1.53. The number of hydrogen-bond acceptors (Lipinski definition) is 4. The number of methoxy groups -OCH3 is 1. The Kier molecular flexibility index (Phi) is 9.28. The third kappa shape index (κ3) is 8.98. The van der Waals surface area contributed by atoms with E-state index in [1.165, 1.54) is 7.11 Å². The number of ketones is 1. The van der Waals surface area contributed by atoms with Crippen molar-refractivity contribution in [1.82, 2.24) is 0 Å². The lowest BCUT2D eigenvalue weighted by atomic mass is 10.1. The number of ether oxygens (including phenoxy) is 1. The van der Waals surface area contributed by atoms with Crippen LogP contribution >= 0.6 is 11.6 Å². The summed E-state index contributed by atoms with van der Waals surface area (Å²) in [6.07, 6.45) is 3.42. The minimum absolute atomic E-state index is 0.228. The first-order valence-corrected chi connectivity index (χ1v) is 6.36. The molecule has 0 radical (unpaired) electrons. The Morgan fingerprint density at radius 2 is 1.67 bits per heavy atom. The van der Waals surface area contributed by atoms with E-state index < -0.39 is 11.3 Å². The van der Waals surface area contributed by atoms with E-state index in [-0.39, 0.29) is 18.2 Å². The molecule has 0 aliphatic heterocycles. The first kappa shape index (κ1) is 16.9. The minimum atomic E-state index is -1.07. The number of carboxylic acids is 1.